The predicted molar refractivity (Wildman–Crippen MR) is 69.8 cm³/mol. The van der Waals surface area contributed by atoms with Gasteiger partial charge in [-0.25, -0.2) is 0 Å². The Morgan fingerprint density at radius 2 is 2.24 bits per heavy atom. The molecule has 0 bridgehead atoms. The molecule has 1 unspecified atom stereocenters. The van der Waals surface area contributed by atoms with Gasteiger partial charge in [0, 0.05) is 36.6 Å². The molecule has 90 valence electrons. The smallest absolute Gasteiger partial charge is 0.221 e. The Bertz CT molecular complexity index is 461. The molecule has 1 N–H and O–H groups in total. The average Bonchev–Trinajstić information content (AvgIpc) is 2.50. The summed E-state index contributed by atoms with van der Waals surface area (Å²) in [6, 6.07) is 6.58. The summed E-state index contributed by atoms with van der Waals surface area (Å²) in [5, 5.41) is 2.95. The van der Waals surface area contributed by atoms with Crippen molar-refractivity contribution in [1.82, 2.24) is 10.2 Å². The number of fused-ring (bicyclic) bond motifs is 3. The molecule has 1 amide bonds. The number of carbonyl (C=O) groups is 1. The Labute approximate surface area is 109 Å². The maximum absolute atomic E-state index is 11.7. The van der Waals surface area contributed by atoms with Gasteiger partial charge in [0.1, 0.15) is 0 Å². The molecule has 1 saturated heterocycles. The monoisotopic (exact) mass is 294 g/mol. The van der Waals surface area contributed by atoms with Gasteiger partial charge in [-0.2, -0.15) is 0 Å². The fourth-order valence-electron chi connectivity index (χ4n) is 2.85. The SMILES string of the molecule is O=C1CC2c3cccc(Br)c3CCN2CCN1. The van der Waals surface area contributed by atoms with Crippen molar-refractivity contribution in [2.45, 2.75) is 18.9 Å². The van der Waals surface area contributed by atoms with E-state index in [1.54, 1.807) is 0 Å². The highest BCUT2D eigenvalue weighted by Gasteiger charge is 2.31. The third-order valence-corrected chi connectivity index (χ3v) is 4.45. The van der Waals surface area contributed by atoms with Crippen molar-refractivity contribution >= 4 is 21.8 Å². The molecule has 2 aliphatic rings. The first-order valence-corrected chi connectivity index (χ1v) is 6.83. The van der Waals surface area contributed by atoms with Gasteiger partial charge < -0.3 is 5.32 Å². The largest absolute Gasteiger partial charge is 0.355 e. The van der Waals surface area contributed by atoms with Crippen molar-refractivity contribution in [3.8, 4) is 0 Å². The molecule has 2 heterocycles. The van der Waals surface area contributed by atoms with Crippen LogP contribution in [0.15, 0.2) is 22.7 Å². The molecule has 3 nitrogen and oxygen atoms in total. The molecule has 3 rings (SSSR count). The van der Waals surface area contributed by atoms with Crippen LogP contribution in [0.1, 0.15) is 23.6 Å². The fraction of sp³-hybridized carbons (Fsp3) is 0.462. The standard InChI is InChI=1S/C13H15BrN2O/c14-11-3-1-2-10-9(11)4-6-16-7-5-15-13(17)8-12(10)16/h1-3,12H,4-8H2,(H,15,17). The van der Waals surface area contributed by atoms with Crippen molar-refractivity contribution in [3.05, 3.63) is 33.8 Å². The zero-order valence-corrected chi connectivity index (χ0v) is 11.2. The third-order valence-electron chi connectivity index (χ3n) is 3.70. The zero-order valence-electron chi connectivity index (χ0n) is 9.58. The first kappa shape index (κ1) is 11.2. The normalized spacial score (nSPS) is 24.5. The van der Waals surface area contributed by atoms with Gasteiger partial charge in [0.25, 0.3) is 0 Å². The van der Waals surface area contributed by atoms with Crippen LogP contribution in [0.25, 0.3) is 0 Å². The lowest BCUT2D eigenvalue weighted by molar-refractivity contribution is -0.121. The lowest BCUT2D eigenvalue weighted by Crippen LogP contribution is -2.36. The highest BCUT2D eigenvalue weighted by atomic mass is 79.9. The minimum absolute atomic E-state index is 0.172. The Morgan fingerprint density at radius 3 is 3.12 bits per heavy atom. The second-order valence-electron chi connectivity index (χ2n) is 4.66. The lowest BCUT2D eigenvalue weighted by Gasteiger charge is -2.35. The van der Waals surface area contributed by atoms with E-state index in [-0.39, 0.29) is 11.9 Å². The van der Waals surface area contributed by atoms with Crippen molar-refractivity contribution in [2.75, 3.05) is 19.6 Å². The van der Waals surface area contributed by atoms with Gasteiger partial charge in [-0.3, -0.25) is 9.69 Å². The maximum Gasteiger partial charge on any atom is 0.221 e. The van der Waals surface area contributed by atoms with Crippen molar-refractivity contribution < 1.29 is 4.79 Å². The van der Waals surface area contributed by atoms with E-state index in [0.29, 0.717) is 6.42 Å². The van der Waals surface area contributed by atoms with Crippen LogP contribution in [0.2, 0.25) is 0 Å². The van der Waals surface area contributed by atoms with Crippen molar-refractivity contribution in [3.63, 3.8) is 0 Å². The van der Waals surface area contributed by atoms with E-state index in [4.69, 9.17) is 0 Å². The summed E-state index contributed by atoms with van der Waals surface area (Å²) in [7, 11) is 0. The van der Waals surface area contributed by atoms with Crippen molar-refractivity contribution in [2.24, 2.45) is 0 Å². The molecule has 0 aliphatic carbocycles. The molecule has 0 radical (unpaired) electrons. The molecule has 17 heavy (non-hydrogen) atoms. The van der Waals surface area contributed by atoms with Crippen LogP contribution >= 0.6 is 15.9 Å². The minimum atomic E-state index is 0.172. The second kappa shape index (κ2) is 4.42. The van der Waals surface area contributed by atoms with Gasteiger partial charge in [0.15, 0.2) is 0 Å². The number of rotatable bonds is 0. The Kier molecular flexibility index (Phi) is 2.92. The number of nitrogens with one attached hydrogen (secondary N) is 1. The predicted octanol–water partition coefficient (Wildman–Crippen LogP) is 1.87. The molecule has 1 atom stereocenters. The first-order chi connectivity index (χ1) is 8.25. The summed E-state index contributed by atoms with van der Waals surface area (Å²) >= 11 is 3.61. The third kappa shape index (κ3) is 2.00. The van der Waals surface area contributed by atoms with Crippen molar-refractivity contribution in [1.29, 1.82) is 0 Å². The van der Waals surface area contributed by atoms with E-state index in [0.717, 1.165) is 26.1 Å². The summed E-state index contributed by atoms with van der Waals surface area (Å²) in [5.41, 5.74) is 2.70. The Morgan fingerprint density at radius 1 is 1.35 bits per heavy atom. The molecule has 1 fully saturated rings. The lowest BCUT2D eigenvalue weighted by atomic mass is 9.91. The van der Waals surface area contributed by atoms with E-state index in [9.17, 15) is 4.79 Å². The van der Waals surface area contributed by atoms with E-state index in [1.807, 2.05) is 0 Å². The maximum atomic E-state index is 11.7. The number of halogens is 1. The van der Waals surface area contributed by atoms with Gasteiger partial charge in [-0.05, 0) is 23.6 Å². The minimum Gasteiger partial charge on any atom is -0.355 e. The quantitative estimate of drug-likeness (QED) is 0.792. The van der Waals surface area contributed by atoms with E-state index in [2.05, 4.69) is 44.3 Å². The van der Waals surface area contributed by atoms with E-state index in [1.165, 1.54) is 15.6 Å². The van der Waals surface area contributed by atoms with Crippen LogP contribution in [0.3, 0.4) is 0 Å². The van der Waals surface area contributed by atoms with Gasteiger partial charge in [0.2, 0.25) is 5.91 Å². The van der Waals surface area contributed by atoms with Gasteiger partial charge >= 0.3 is 0 Å². The summed E-state index contributed by atoms with van der Waals surface area (Å²) in [6.07, 6.45) is 1.66. The van der Waals surface area contributed by atoms with Crippen LogP contribution < -0.4 is 5.32 Å². The molecule has 0 aromatic heterocycles. The Balaban J connectivity index is 2.02. The Hall–Kier alpha value is -0.870. The van der Waals surface area contributed by atoms with Gasteiger partial charge in [-0.15, -0.1) is 0 Å². The molecule has 0 saturated carbocycles. The summed E-state index contributed by atoms with van der Waals surface area (Å²) in [5.74, 6) is 0.172. The topological polar surface area (TPSA) is 32.3 Å². The number of amides is 1. The van der Waals surface area contributed by atoms with Crippen LogP contribution in [0.4, 0.5) is 0 Å². The molecule has 1 aromatic carbocycles. The second-order valence-corrected chi connectivity index (χ2v) is 5.52. The number of hydrogen-bond donors (Lipinski definition) is 1. The molecule has 0 spiro atoms. The fourth-order valence-corrected chi connectivity index (χ4v) is 3.43. The van der Waals surface area contributed by atoms with Crippen LogP contribution in [0, 0.1) is 0 Å². The van der Waals surface area contributed by atoms with Gasteiger partial charge in [0.05, 0.1) is 0 Å². The van der Waals surface area contributed by atoms with E-state index >= 15 is 0 Å². The van der Waals surface area contributed by atoms with Crippen LogP contribution in [-0.2, 0) is 11.2 Å². The van der Waals surface area contributed by atoms with Gasteiger partial charge in [-0.1, -0.05) is 28.1 Å². The van der Waals surface area contributed by atoms with E-state index < -0.39 is 0 Å². The summed E-state index contributed by atoms with van der Waals surface area (Å²) in [6.45, 7) is 2.79. The van der Waals surface area contributed by atoms with Crippen LogP contribution in [-0.4, -0.2) is 30.4 Å². The number of hydrogen-bond acceptors (Lipinski definition) is 2. The number of nitrogens with zero attached hydrogens (tertiary/aromatic N) is 1. The highest BCUT2D eigenvalue weighted by molar-refractivity contribution is 9.10. The number of benzene rings is 1. The average molecular weight is 295 g/mol. The molecular formula is C13H15BrN2O. The summed E-state index contributed by atoms with van der Waals surface area (Å²) in [4.78, 5) is 14.1. The number of carbonyl (C=O) groups excluding carboxylic acids is 1. The molecule has 4 heteroatoms. The van der Waals surface area contributed by atoms with Crippen LogP contribution in [0.5, 0.6) is 0 Å². The zero-order chi connectivity index (χ0) is 11.8. The molecule has 2 aliphatic heterocycles. The highest BCUT2D eigenvalue weighted by Crippen LogP contribution is 2.36. The molecule has 1 aromatic rings. The first-order valence-electron chi connectivity index (χ1n) is 6.04. The summed E-state index contributed by atoms with van der Waals surface area (Å²) < 4.78 is 1.18. The molecular weight excluding hydrogens is 280 g/mol.